The summed E-state index contributed by atoms with van der Waals surface area (Å²) in [6, 6.07) is 15.8. The number of fused-ring (bicyclic) bond motifs is 2. The fraction of sp³-hybridized carbons (Fsp3) is 0.379. The van der Waals surface area contributed by atoms with Crippen LogP contribution in [0.4, 0.5) is 0 Å². The average molecular weight is 411 g/mol. The lowest BCUT2D eigenvalue weighted by Crippen LogP contribution is -2.05. The van der Waals surface area contributed by atoms with Crippen LogP contribution in [0.3, 0.4) is 0 Å². The third kappa shape index (κ3) is 4.21. The highest BCUT2D eigenvalue weighted by Gasteiger charge is 2.17. The van der Waals surface area contributed by atoms with Crippen LogP contribution in [0.1, 0.15) is 87.1 Å². The molecule has 0 amide bonds. The SMILES string of the molecule is CCc1cnc2ccc(CC(C)c3ccc4nccc(C(C)C)c4c3)c(C(C)C)c2c1. The van der Waals surface area contributed by atoms with Crippen LogP contribution in [0.2, 0.25) is 0 Å². The second kappa shape index (κ2) is 8.78. The fourth-order valence-electron chi connectivity index (χ4n) is 4.81. The first-order valence-electron chi connectivity index (χ1n) is 11.7. The maximum absolute atomic E-state index is 4.73. The third-order valence-corrected chi connectivity index (χ3v) is 6.56. The minimum absolute atomic E-state index is 0.432. The molecule has 0 radical (unpaired) electrons. The first kappa shape index (κ1) is 21.5. The first-order chi connectivity index (χ1) is 14.9. The molecule has 2 heterocycles. The summed E-state index contributed by atoms with van der Waals surface area (Å²) < 4.78 is 0. The van der Waals surface area contributed by atoms with E-state index in [2.05, 4.69) is 89.0 Å². The maximum Gasteiger partial charge on any atom is 0.0705 e. The summed E-state index contributed by atoms with van der Waals surface area (Å²) in [6.07, 6.45) is 6.00. The summed E-state index contributed by atoms with van der Waals surface area (Å²) in [6.45, 7) is 13.7. The van der Waals surface area contributed by atoms with E-state index in [4.69, 9.17) is 4.98 Å². The molecule has 0 aliphatic carbocycles. The Morgan fingerprint density at radius 3 is 2.23 bits per heavy atom. The summed E-state index contributed by atoms with van der Waals surface area (Å²) in [7, 11) is 0. The van der Waals surface area contributed by atoms with Crippen molar-refractivity contribution in [1.82, 2.24) is 9.97 Å². The summed E-state index contributed by atoms with van der Waals surface area (Å²) in [5, 5.41) is 2.62. The van der Waals surface area contributed by atoms with Gasteiger partial charge in [0.05, 0.1) is 11.0 Å². The van der Waals surface area contributed by atoms with Gasteiger partial charge in [-0.05, 0) is 88.7 Å². The predicted molar refractivity (Wildman–Crippen MR) is 133 cm³/mol. The van der Waals surface area contributed by atoms with E-state index >= 15 is 0 Å². The van der Waals surface area contributed by atoms with Crippen LogP contribution in [0.15, 0.2) is 54.9 Å². The highest BCUT2D eigenvalue weighted by molar-refractivity contribution is 5.85. The minimum Gasteiger partial charge on any atom is -0.256 e. The van der Waals surface area contributed by atoms with Crippen molar-refractivity contribution in [2.45, 2.75) is 72.1 Å². The van der Waals surface area contributed by atoms with Crippen LogP contribution < -0.4 is 0 Å². The van der Waals surface area contributed by atoms with Crippen LogP contribution in [0.25, 0.3) is 21.8 Å². The van der Waals surface area contributed by atoms with Gasteiger partial charge in [-0.1, -0.05) is 53.7 Å². The second-order valence-corrected chi connectivity index (χ2v) is 9.49. The minimum atomic E-state index is 0.432. The van der Waals surface area contributed by atoms with Gasteiger partial charge in [-0.2, -0.15) is 0 Å². The zero-order chi connectivity index (χ0) is 22.1. The molecule has 0 N–H and O–H groups in total. The number of aryl methyl sites for hydroxylation is 1. The van der Waals surface area contributed by atoms with E-state index in [0.717, 1.165) is 23.9 Å². The summed E-state index contributed by atoms with van der Waals surface area (Å²) in [4.78, 5) is 9.32. The molecule has 0 aliphatic rings. The molecule has 2 aromatic carbocycles. The van der Waals surface area contributed by atoms with E-state index in [1.807, 2.05) is 12.4 Å². The number of hydrogen-bond acceptors (Lipinski definition) is 2. The number of hydrogen-bond donors (Lipinski definition) is 0. The van der Waals surface area contributed by atoms with Gasteiger partial charge in [0.25, 0.3) is 0 Å². The van der Waals surface area contributed by atoms with Gasteiger partial charge in [0.2, 0.25) is 0 Å². The van der Waals surface area contributed by atoms with Crippen LogP contribution >= 0.6 is 0 Å². The molecule has 31 heavy (non-hydrogen) atoms. The summed E-state index contributed by atoms with van der Waals surface area (Å²) in [5.41, 5.74) is 9.17. The van der Waals surface area contributed by atoms with E-state index in [1.165, 1.54) is 38.6 Å². The quantitative estimate of drug-likeness (QED) is 0.322. The molecule has 0 spiro atoms. The lowest BCUT2D eigenvalue weighted by atomic mass is 9.85. The maximum atomic E-state index is 4.73. The Labute approximate surface area is 186 Å². The molecule has 2 aromatic heterocycles. The Kier molecular flexibility index (Phi) is 6.09. The van der Waals surface area contributed by atoms with Crippen molar-refractivity contribution in [2.75, 3.05) is 0 Å². The highest BCUT2D eigenvalue weighted by atomic mass is 14.7. The van der Waals surface area contributed by atoms with Crippen molar-refractivity contribution >= 4 is 21.8 Å². The number of nitrogens with zero attached hydrogens (tertiary/aromatic N) is 2. The van der Waals surface area contributed by atoms with Gasteiger partial charge in [-0.3, -0.25) is 9.97 Å². The lowest BCUT2D eigenvalue weighted by molar-refractivity contribution is 0.740. The molecule has 4 rings (SSSR count). The van der Waals surface area contributed by atoms with Crippen LogP contribution in [-0.4, -0.2) is 9.97 Å². The van der Waals surface area contributed by atoms with Crippen molar-refractivity contribution in [3.05, 3.63) is 82.7 Å². The summed E-state index contributed by atoms with van der Waals surface area (Å²) >= 11 is 0. The van der Waals surface area contributed by atoms with Gasteiger partial charge < -0.3 is 0 Å². The largest absolute Gasteiger partial charge is 0.256 e. The summed E-state index contributed by atoms with van der Waals surface area (Å²) in [5.74, 6) is 1.39. The molecule has 0 saturated carbocycles. The predicted octanol–water partition coefficient (Wildman–Crippen LogP) is 7.94. The lowest BCUT2D eigenvalue weighted by Gasteiger charge is -2.20. The van der Waals surface area contributed by atoms with Gasteiger partial charge >= 0.3 is 0 Å². The molecule has 1 unspecified atom stereocenters. The molecule has 4 aromatic rings. The van der Waals surface area contributed by atoms with E-state index in [9.17, 15) is 0 Å². The molecule has 0 bridgehead atoms. The molecular weight excluding hydrogens is 376 g/mol. The zero-order valence-electron chi connectivity index (χ0n) is 19.7. The van der Waals surface area contributed by atoms with Crippen molar-refractivity contribution in [3.63, 3.8) is 0 Å². The Bertz CT molecular complexity index is 1220. The molecule has 0 fully saturated rings. The van der Waals surface area contributed by atoms with Gasteiger partial charge in [0, 0.05) is 23.2 Å². The molecule has 2 nitrogen and oxygen atoms in total. The monoisotopic (exact) mass is 410 g/mol. The number of benzene rings is 2. The van der Waals surface area contributed by atoms with E-state index in [0.29, 0.717) is 17.8 Å². The first-order valence-corrected chi connectivity index (χ1v) is 11.7. The van der Waals surface area contributed by atoms with Crippen molar-refractivity contribution < 1.29 is 0 Å². The molecular formula is C29H34N2. The van der Waals surface area contributed by atoms with Crippen molar-refractivity contribution in [2.24, 2.45) is 0 Å². The topological polar surface area (TPSA) is 25.8 Å². The van der Waals surface area contributed by atoms with E-state index in [1.54, 1.807) is 0 Å². The van der Waals surface area contributed by atoms with E-state index < -0.39 is 0 Å². The van der Waals surface area contributed by atoms with Crippen LogP contribution in [0.5, 0.6) is 0 Å². The fourth-order valence-corrected chi connectivity index (χ4v) is 4.81. The molecule has 2 heteroatoms. The molecule has 0 saturated heterocycles. The van der Waals surface area contributed by atoms with Crippen LogP contribution in [-0.2, 0) is 12.8 Å². The Balaban J connectivity index is 1.75. The Hall–Kier alpha value is -2.74. The van der Waals surface area contributed by atoms with Crippen molar-refractivity contribution in [1.29, 1.82) is 0 Å². The third-order valence-electron chi connectivity index (χ3n) is 6.56. The van der Waals surface area contributed by atoms with Gasteiger partial charge in [-0.15, -0.1) is 0 Å². The molecule has 1 atom stereocenters. The number of rotatable bonds is 6. The van der Waals surface area contributed by atoms with Crippen LogP contribution in [0, 0.1) is 0 Å². The molecule has 160 valence electrons. The second-order valence-electron chi connectivity index (χ2n) is 9.49. The van der Waals surface area contributed by atoms with Gasteiger partial charge in [-0.25, -0.2) is 0 Å². The van der Waals surface area contributed by atoms with Gasteiger partial charge in [0.1, 0.15) is 0 Å². The number of pyridine rings is 2. The van der Waals surface area contributed by atoms with E-state index in [-0.39, 0.29) is 0 Å². The zero-order valence-corrected chi connectivity index (χ0v) is 19.7. The Morgan fingerprint density at radius 1 is 0.774 bits per heavy atom. The number of aromatic nitrogens is 2. The highest BCUT2D eigenvalue weighted by Crippen LogP contribution is 2.33. The normalized spacial score (nSPS) is 12.9. The Morgan fingerprint density at radius 2 is 1.52 bits per heavy atom. The standard InChI is InChI=1S/C29H34N2/c1-7-21-15-26-28(31-17-21)11-9-23(29(26)19(4)5)14-20(6)22-8-10-27-25(16-22)24(18(2)3)12-13-30-27/h8-13,15-20H,7,14H2,1-6H3. The smallest absolute Gasteiger partial charge is 0.0705 e. The average Bonchev–Trinajstić information content (AvgIpc) is 2.77. The van der Waals surface area contributed by atoms with Gasteiger partial charge in [0.15, 0.2) is 0 Å². The van der Waals surface area contributed by atoms with Crippen molar-refractivity contribution in [3.8, 4) is 0 Å². The molecule has 0 aliphatic heterocycles.